The Hall–Kier alpha value is -2.39. The van der Waals surface area contributed by atoms with Gasteiger partial charge in [0.25, 0.3) is 0 Å². The number of alkyl halides is 3. The van der Waals surface area contributed by atoms with Gasteiger partial charge < -0.3 is 4.90 Å². The van der Waals surface area contributed by atoms with Crippen LogP contribution in [0.1, 0.15) is 29.2 Å². The van der Waals surface area contributed by atoms with Gasteiger partial charge in [-0.25, -0.2) is 13.1 Å². The minimum atomic E-state index is -4.66. The summed E-state index contributed by atoms with van der Waals surface area (Å²) in [6, 6.07) is 11.0. The van der Waals surface area contributed by atoms with Crippen LogP contribution in [-0.4, -0.2) is 32.8 Å². The highest BCUT2D eigenvalue weighted by atomic mass is 32.2. The number of hydrogen-bond donors (Lipinski definition) is 1. The van der Waals surface area contributed by atoms with Crippen molar-refractivity contribution in [2.24, 2.45) is 0 Å². The van der Waals surface area contributed by atoms with Gasteiger partial charge in [0.1, 0.15) is 0 Å². The number of amides is 1. The number of hydrogen-bond acceptors (Lipinski definition) is 3. The average molecular weight is 412 g/mol. The molecule has 2 aromatic carbocycles. The number of halogens is 3. The number of likely N-dealkylation sites (N-methyl/N-ethyl adjacent to an activating group) is 1. The number of carbonyl (C=O) groups is 1. The van der Waals surface area contributed by atoms with Crippen molar-refractivity contribution in [2.45, 2.75) is 30.0 Å². The average Bonchev–Trinajstić information content (AvgIpc) is 3.09. The first kappa shape index (κ1) is 20.3. The highest BCUT2D eigenvalue weighted by Gasteiger charge is 2.32. The molecule has 0 aromatic heterocycles. The predicted octanol–water partition coefficient (Wildman–Crippen LogP) is 3.13. The Balaban J connectivity index is 1.69. The molecule has 9 heteroatoms. The Morgan fingerprint density at radius 1 is 1.18 bits per heavy atom. The zero-order chi connectivity index (χ0) is 20.5. The van der Waals surface area contributed by atoms with E-state index in [0.717, 1.165) is 42.2 Å². The molecule has 0 fully saturated rings. The number of nitrogens with one attached hydrogen (secondary N) is 1. The maximum atomic E-state index is 12.8. The molecule has 3 rings (SSSR count). The maximum Gasteiger partial charge on any atom is 0.416 e. The van der Waals surface area contributed by atoms with Crippen molar-refractivity contribution in [1.29, 1.82) is 0 Å². The van der Waals surface area contributed by atoms with E-state index in [4.69, 9.17) is 0 Å². The molecule has 0 bridgehead atoms. The molecule has 0 spiro atoms. The van der Waals surface area contributed by atoms with Crippen LogP contribution in [-0.2, 0) is 27.4 Å². The number of rotatable bonds is 5. The molecule has 0 saturated heterocycles. The Kier molecular flexibility index (Phi) is 5.49. The van der Waals surface area contributed by atoms with Crippen molar-refractivity contribution in [3.05, 3.63) is 65.2 Å². The third kappa shape index (κ3) is 4.20. The van der Waals surface area contributed by atoms with Crippen LogP contribution in [0.3, 0.4) is 0 Å². The molecule has 0 saturated carbocycles. The number of fused-ring (bicyclic) bond motifs is 1. The van der Waals surface area contributed by atoms with Crippen LogP contribution < -0.4 is 4.72 Å². The summed E-state index contributed by atoms with van der Waals surface area (Å²) in [7, 11) is -2.66. The van der Waals surface area contributed by atoms with Gasteiger partial charge in [-0.15, -0.1) is 0 Å². The maximum absolute atomic E-state index is 12.8. The minimum absolute atomic E-state index is 0.151. The van der Waals surface area contributed by atoms with Gasteiger partial charge in [0.15, 0.2) is 0 Å². The molecule has 0 aliphatic heterocycles. The van der Waals surface area contributed by atoms with E-state index in [0.29, 0.717) is 6.07 Å². The Morgan fingerprint density at radius 3 is 2.61 bits per heavy atom. The smallest absolute Gasteiger partial charge is 0.338 e. The lowest BCUT2D eigenvalue weighted by atomic mass is 10.1. The normalized spacial score (nSPS) is 16.6. The molecule has 2 aromatic rings. The molecule has 0 heterocycles. The fourth-order valence-electron chi connectivity index (χ4n) is 3.32. The first-order chi connectivity index (χ1) is 13.1. The van der Waals surface area contributed by atoms with E-state index >= 15 is 0 Å². The Bertz CT molecular complexity index is 990. The summed E-state index contributed by atoms with van der Waals surface area (Å²) in [6.07, 6.45) is -3.09. The van der Waals surface area contributed by atoms with Crippen molar-refractivity contribution in [3.8, 4) is 0 Å². The molecular formula is C19H19F3N2O3S. The summed E-state index contributed by atoms with van der Waals surface area (Å²) in [5, 5.41) is 0. The first-order valence-electron chi connectivity index (χ1n) is 8.60. The minimum Gasteiger partial charge on any atom is -0.338 e. The van der Waals surface area contributed by atoms with Gasteiger partial charge in [0.2, 0.25) is 15.9 Å². The summed E-state index contributed by atoms with van der Waals surface area (Å²) < 4.78 is 65.1. The summed E-state index contributed by atoms with van der Waals surface area (Å²) in [5.41, 5.74) is 1.11. The molecule has 150 valence electrons. The van der Waals surface area contributed by atoms with E-state index in [1.54, 1.807) is 7.05 Å². The number of nitrogens with zero attached hydrogens (tertiary/aromatic N) is 1. The lowest BCUT2D eigenvalue weighted by molar-refractivity contribution is -0.137. The summed E-state index contributed by atoms with van der Waals surface area (Å²) in [6.45, 7) is -0.534. The van der Waals surface area contributed by atoms with Crippen LogP contribution in [0.4, 0.5) is 13.2 Å². The van der Waals surface area contributed by atoms with Gasteiger partial charge >= 0.3 is 6.18 Å². The number of sulfonamides is 1. The predicted molar refractivity (Wildman–Crippen MR) is 96.9 cm³/mol. The van der Waals surface area contributed by atoms with Crippen LogP contribution in [0.15, 0.2) is 53.4 Å². The van der Waals surface area contributed by atoms with Gasteiger partial charge in [-0.05, 0) is 42.2 Å². The third-order valence-electron chi connectivity index (χ3n) is 4.85. The fourth-order valence-corrected chi connectivity index (χ4v) is 4.34. The monoisotopic (exact) mass is 412 g/mol. The largest absolute Gasteiger partial charge is 0.416 e. The van der Waals surface area contributed by atoms with Gasteiger partial charge in [0, 0.05) is 7.05 Å². The quantitative estimate of drug-likeness (QED) is 0.821. The summed E-state index contributed by atoms with van der Waals surface area (Å²) in [4.78, 5) is 13.4. The van der Waals surface area contributed by atoms with Crippen LogP contribution in [0.5, 0.6) is 0 Å². The lowest BCUT2D eigenvalue weighted by Crippen LogP contribution is -2.39. The SMILES string of the molecule is CN(C(=O)CNS(=O)(=O)c1cccc(C(F)(F)F)c1)C1CCc2ccccc21. The molecule has 5 nitrogen and oxygen atoms in total. The van der Waals surface area contributed by atoms with Gasteiger partial charge in [0.05, 0.1) is 23.0 Å². The van der Waals surface area contributed by atoms with Crippen molar-refractivity contribution in [2.75, 3.05) is 13.6 Å². The highest BCUT2D eigenvalue weighted by Crippen LogP contribution is 2.34. The fraction of sp³-hybridized carbons (Fsp3) is 0.316. The number of aryl methyl sites for hydroxylation is 1. The van der Waals surface area contributed by atoms with E-state index < -0.39 is 39.1 Å². The van der Waals surface area contributed by atoms with E-state index in [9.17, 15) is 26.4 Å². The first-order valence-corrected chi connectivity index (χ1v) is 10.1. The second-order valence-electron chi connectivity index (χ2n) is 6.61. The van der Waals surface area contributed by atoms with Crippen LogP contribution in [0.25, 0.3) is 0 Å². The standard InChI is InChI=1S/C19H19F3N2O3S/c1-24(17-10-9-13-5-2-3-8-16(13)17)18(25)12-23-28(26,27)15-7-4-6-14(11-15)19(20,21)22/h2-8,11,17,23H,9-10,12H2,1H3. The molecule has 1 aliphatic carbocycles. The van der Waals surface area contributed by atoms with Crippen LogP contribution >= 0.6 is 0 Å². The topological polar surface area (TPSA) is 66.5 Å². The van der Waals surface area contributed by atoms with E-state index in [2.05, 4.69) is 4.72 Å². The van der Waals surface area contributed by atoms with Crippen molar-refractivity contribution < 1.29 is 26.4 Å². The molecule has 1 aliphatic rings. The highest BCUT2D eigenvalue weighted by molar-refractivity contribution is 7.89. The Morgan fingerprint density at radius 2 is 1.89 bits per heavy atom. The van der Waals surface area contributed by atoms with Crippen molar-refractivity contribution in [1.82, 2.24) is 9.62 Å². The molecule has 1 N–H and O–H groups in total. The van der Waals surface area contributed by atoms with Gasteiger partial charge in [-0.1, -0.05) is 30.3 Å². The van der Waals surface area contributed by atoms with E-state index in [1.807, 2.05) is 24.3 Å². The van der Waals surface area contributed by atoms with E-state index in [-0.39, 0.29) is 6.04 Å². The second kappa shape index (κ2) is 7.56. The number of benzene rings is 2. The van der Waals surface area contributed by atoms with Gasteiger partial charge in [-0.2, -0.15) is 13.2 Å². The van der Waals surface area contributed by atoms with Crippen LogP contribution in [0, 0.1) is 0 Å². The molecule has 1 amide bonds. The zero-order valence-corrected chi connectivity index (χ0v) is 15.8. The van der Waals surface area contributed by atoms with E-state index in [1.165, 1.54) is 4.90 Å². The number of carbonyl (C=O) groups excluding carboxylic acids is 1. The van der Waals surface area contributed by atoms with Crippen molar-refractivity contribution >= 4 is 15.9 Å². The molecular weight excluding hydrogens is 393 g/mol. The molecule has 1 atom stereocenters. The second-order valence-corrected chi connectivity index (χ2v) is 8.38. The molecule has 0 radical (unpaired) electrons. The van der Waals surface area contributed by atoms with Crippen molar-refractivity contribution in [3.63, 3.8) is 0 Å². The van der Waals surface area contributed by atoms with Gasteiger partial charge in [-0.3, -0.25) is 4.79 Å². The Labute approximate surface area is 161 Å². The summed E-state index contributed by atoms with van der Waals surface area (Å²) in [5.74, 6) is -0.461. The molecule has 1 unspecified atom stereocenters. The van der Waals surface area contributed by atoms with Crippen LogP contribution in [0.2, 0.25) is 0 Å². The summed E-state index contributed by atoms with van der Waals surface area (Å²) >= 11 is 0. The zero-order valence-electron chi connectivity index (χ0n) is 15.0. The lowest BCUT2D eigenvalue weighted by Gasteiger charge is -2.25. The third-order valence-corrected chi connectivity index (χ3v) is 6.25. The molecule has 28 heavy (non-hydrogen) atoms.